The van der Waals surface area contributed by atoms with E-state index in [1.807, 2.05) is 6.26 Å². The van der Waals surface area contributed by atoms with Gasteiger partial charge in [0.05, 0.1) is 6.61 Å². The van der Waals surface area contributed by atoms with Gasteiger partial charge < -0.3 is 20.5 Å². The van der Waals surface area contributed by atoms with Crippen molar-refractivity contribution in [1.29, 1.82) is 0 Å². The van der Waals surface area contributed by atoms with E-state index in [0.29, 0.717) is 31.2 Å². The van der Waals surface area contributed by atoms with Crippen LogP contribution in [0.25, 0.3) is 0 Å². The van der Waals surface area contributed by atoms with Gasteiger partial charge in [0.25, 0.3) is 0 Å². The van der Waals surface area contributed by atoms with Crippen LogP contribution in [0.15, 0.2) is 0 Å². The first kappa shape index (κ1) is 15.1. The van der Waals surface area contributed by atoms with E-state index in [9.17, 15) is 9.59 Å². The fourth-order valence-corrected chi connectivity index (χ4v) is 2.16. The van der Waals surface area contributed by atoms with Gasteiger partial charge in [-0.1, -0.05) is 0 Å². The Bertz CT molecular complexity index is 282. The average molecular weight is 276 g/mol. The number of carboxylic acid groups (broad SMARTS) is 1. The summed E-state index contributed by atoms with van der Waals surface area (Å²) < 4.78 is 5.19. The molecule has 1 saturated heterocycles. The maximum absolute atomic E-state index is 11.5. The van der Waals surface area contributed by atoms with Crippen molar-refractivity contribution in [2.75, 3.05) is 31.8 Å². The predicted octanol–water partition coefficient (Wildman–Crippen LogP) is 0.528. The van der Waals surface area contributed by atoms with Crippen molar-refractivity contribution in [3.05, 3.63) is 0 Å². The van der Waals surface area contributed by atoms with E-state index in [4.69, 9.17) is 9.84 Å². The summed E-state index contributed by atoms with van der Waals surface area (Å²) in [7, 11) is 0. The van der Waals surface area contributed by atoms with Crippen LogP contribution >= 0.6 is 11.8 Å². The Labute approximate surface area is 111 Å². The smallest absolute Gasteiger partial charge is 0.326 e. The highest BCUT2D eigenvalue weighted by Crippen LogP contribution is 2.10. The number of nitrogens with one attached hydrogen (secondary N) is 2. The summed E-state index contributed by atoms with van der Waals surface area (Å²) in [6.07, 6.45) is 3.27. The molecule has 18 heavy (non-hydrogen) atoms. The number of carbonyl (C=O) groups excluding carboxylic acids is 1. The van der Waals surface area contributed by atoms with Gasteiger partial charge in [-0.3, -0.25) is 0 Å². The van der Waals surface area contributed by atoms with Gasteiger partial charge in [-0.15, -0.1) is 0 Å². The minimum atomic E-state index is -0.997. The van der Waals surface area contributed by atoms with Gasteiger partial charge in [0.1, 0.15) is 6.04 Å². The van der Waals surface area contributed by atoms with Crippen molar-refractivity contribution in [2.24, 2.45) is 5.92 Å². The molecule has 0 aromatic heterocycles. The van der Waals surface area contributed by atoms with E-state index < -0.39 is 18.0 Å². The standard InChI is InChI=1S/C11H20N2O4S/c1-18-5-3-9(10(14)15)13-11(16)12-6-8-2-4-17-7-8/h8-9H,2-7H2,1H3,(H,14,15)(H2,12,13,16)/t8?,9-/m0/s1. The maximum Gasteiger partial charge on any atom is 0.326 e. The highest BCUT2D eigenvalue weighted by Gasteiger charge is 2.20. The van der Waals surface area contributed by atoms with Crippen LogP contribution in [-0.2, 0) is 9.53 Å². The molecule has 0 aromatic carbocycles. The third kappa shape index (κ3) is 5.59. The maximum atomic E-state index is 11.5. The Hall–Kier alpha value is -0.950. The van der Waals surface area contributed by atoms with Crippen LogP contribution in [0.5, 0.6) is 0 Å². The molecule has 0 aromatic rings. The van der Waals surface area contributed by atoms with Gasteiger partial charge in [-0.25, -0.2) is 9.59 Å². The van der Waals surface area contributed by atoms with Crippen LogP contribution < -0.4 is 10.6 Å². The summed E-state index contributed by atoms with van der Waals surface area (Å²) in [5, 5.41) is 14.1. The van der Waals surface area contributed by atoms with E-state index in [1.54, 1.807) is 11.8 Å². The lowest BCUT2D eigenvalue weighted by Gasteiger charge is -2.15. The molecule has 0 bridgehead atoms. The number of carboxylic acids is 1. The van der Waals surface area contributed by atoms with Crippen LogP contribution in [0, 0.1) is 5.92 Å². The minimum Gasteiger partial charge on any atom is -0.480 e. The third-order valence-corrected chi connectivity index (χ3v) is 3.43. The molecule has 1 aliphatic heterocycles. The van der Waals surface area contributed by atoms with Gasteiger partial charge in [0, 0.05) is 19.1 Å². The Morgan fingerprint density at radius 1 is 1.56 bits per heavy atom. The van der Waals surface area contributed by atoms with Crippen molar-refractivity contribution < 1.29 is 19.4 Å². The van der Waals surface area contributed by atoms with Crippen molar-refractivity contribution in [3.63, 3.8) is 0 Å². The number of carbonyl (C=O) groups is 2. The van der Waals surface area contributed by atoms with E-state index in [1.165, 1.54) is 0 Å². The number of thioether (sulfide) groups is 1. The molecule has 0 aliphatic carbocycles. The lowest BCUT2D eigenvalue weighted by molar-refractivity contribution is -0.139. The van der Waals surface area contributed by atoms with Crippen LogP contribution in [0.4, 0.5) is 4.79 Å². The predicted molar refractivity (Wildman–Crippen MR) is 69.9 cm³/mol. The number of hydrogen-bond acceptors (Lipinski definition) is 4. The normalized spacial score (nSPS) is 20.4. The second-order valence-corrected chi connectivity index (χ2v) is 5.24. The van der Waals surface area contributed by atoms with Gasteiger partial charge in [-0.2, -0.15) is 11.8 Å². The molecular formula is C11H20N2O4S. The number of rotatable bonds is 7. The molecule has 1 fully saturated rings. The molecule has 1 aliphatic rings. The molecule has 0 spiro atoms. The number of hydrogen-bond donors (Lipinski definition) is 3. The summed E-state index contributed by atoms with van der Waals surface area (Å²) in [6.45, 7) is 1.93. The lowest BCUT2D eigenvalue weighted by atomic mass is 10.1. The van der Waals surface area contributed by atoms with Crippen LogP contribution in [0.3, 0.4) is 0 Å². The van der Waals surface area contributed by atoms with Crippen molar-refractivity contribution in [1.82, 2.24) is 10.6 Å². The van der Waals surface area contributed by atoms with E-state index in [-0.39, 0.29) is 0 Å². The van der Waals surface area contributed by atoms with Crippen LogP contribution in [0.2, 0.25) is 0 Å². The fraction of sp³-hybridized carbons (Fsp3) is 0.818. The second-order valence-electron chi connectivity index (χ2n) is 4.26. The van der Waals surface area contributed by atoms with Crippen molar-refractivity contribution in [3.8, 4) is 0 Å². The molecule has 104 valence electrons. The first-order valence-corrected chi connectivity index (χ1v) is 7.36. The molecule has 1 unspecified atom stereocenters. The molecule has 1 rings (SSSR count). The van der Waals surface area contributed by atoms with Crippen molar-refractivity contribution >= 4 is 23.8 Å². The minimum absolute atomic E-state index is 0.338. The Morgan fingerprint density at radius 2 is 2.33 bits per heavy atom. The number of ether oxygens (including phenoxy) is 1. The van der Waals surface area contributed by atoms with Gasteiger partial charge in [0.2, 0.25) is 0 Å². The second kappa shape index (κ2) is 8.20. The summed E-state index contributed by atoms with van der Waals surface area (Å²) in [5.41, 5.74) is 0. The summed E-state index contributed by atoms with van der Waals surface area (Å²) >= 11 is 1.56. The molecule has 2 amide bonds. The average Bonchev–Trinajstić information content (AvgIpc) is 2.84. The van der Waals surface area contributed by atoms with E-state index in [0.717, 1.165) is 13.0 Å². The molecule has 3 N–H and O–H groups in total. The summed E-state index contributed by atoms with van der Waals surface area (Å²) in [5.74, 6) is 0.0434. The third-order valence-electron chi connectivity index (χ3n) is 2.79. The summed E-state index contributed by atoms with van der Waals surface area (Å²) in [6, 6.07) is -1.24. The fourth-order valence-electron chi connectivity index (χ4n) is 1.68. The Balaban J connectivity index is 2.24. The Morgan fingerprint density at radius 3 is 2.89 bits per heavy atom. The van der Waals surface area contributed by atoms with Gasteiger partial charge >= 0.3 is 12.0 Å². The first-order chi connectivity index (χ1) is 8.63. The van der Waals surface area contributed by atoms with Gasteiger partial charge in [0.15, 0.2) is 0 Å². The molecule has 1 heterocycles. The van der Waals surface area contributed by atoms with E-state index >= 15 is 0 Å². The molecule has 7 heteroatoms. The zero-order valence-corrected chi connectivity index (χ0v) is 11.3. The topological polar surface area (TPSA) is 87.7 Å². The van der Waals surface area contributed by atoms with E-state index in [2.05, 4.69) is 10.6 Å². The quantitative estimate of drug-likeness (QED) is 0.631. The summed E-state index contributed by atoms with van der Waals surface area (Å²) in [4.78, 5) is 22.5. The molecule has 0 radical (unpaired) electrons. The number of amides is 2. The van der Waals surface area contributed by atoms with Crippen LogP contribution in [0.1, 0.15) is 12.8 Å². The molecule has 2 atom stereocenters. The highest BCUT2D eigenvalue weighted by atomic mass is 32.2. The SMILES string of the molecule is CSCC[C@H](NC(=O)NCC1CCOC1)C(=O)O. The van der Waals surface area contributed by atoms with Crippen molar-refractivity contribution in [2.45, 2.75) is 18.9 Å². The number of aliphatic carboxylic acids is 1. The zero-order chi connectivity index (χ0) is 13.4. The number of urea groups is 1. The Kier molecular flexibility index (Phi) is 6.89. The molecule has 0 saturated carbocycles. The monoisotopic (exact) mass is 276 g/mol. The van der Waals surface area contributed by atoms with Crippen LogP contribution in [-0.4, -0.2) is 54.9 Å². The largest absolute Gasteiger partial charge is 0.480 e. The lowest BCUT2D eigenvalue weighted by Crippen LogP contribution is -2.47. The molecular weight excluding hydrogens is 256 g/mol. The van der Waals surface area contributed by atoms with Gasteiger partial charge in [-0.05, 0) is 24.9 Å². The first-order valence-electron chi connectivity index (χ1n) is 5.97. The highest BCUT2D eigenvalue weighted by molar-refractivity contribution is 7.98. The zero-order valence-electron chi connectivity index (χ0n) is 10.5. The molecule has 6 nitrogen and oxygen atoms in total.